The maximum Gasteiger partial charge on any atom is 0.0730 e. The SMILES string of the molecule is Cc1c(N)cnn1C1CC[N]CC1. The molecule has 0 atom stereocenters. The van der Waals surface area contributed by atoms with Crippen LogP contribution in [-0.2, 0) is 0 Å². The number of nitrogens with zero attached hydrogens (tertiary/aromatic N) is 3. The molecule has 0 spiro atoms. The zero-order valence-electron chi connectivity index (χ0n) is 7.90. The molecule has 4 heteroatoms. The summed E-state index contributed by atoms with van der Waals surface area (Å²) in [5.74, 6) is 0. The molecular weight excluding hydrogens is 164 g/mol. The van der Waals surface area contributed by atoms with Gasteiger partial charge in [0.1, 0.15) is 0 Å². The highest BCUT2D eigenvalue weighted by Crippen LogP contribution is 2.22. The predicted octanol–water partition coefficient (Wildman–Crippen LogP) is 0.713. The lowest BCUT2D eigenvalue weighted by Gasteiger charge is -2.23. The topological polar surface area (TPSA) is 57.9 Å². The molecule has 1 aliphatic rings. The molecule has 1 fully saturated rings. The Bertz CT molecular complexity index is 286. The van der Waals surface area contributed by atoms with Gasteiger partial charge in [0, 0.05) is 13.1 Å². The van der Waals surface area contributed by atoms with E-state index in [2.05, 4.69) is 10.4 Å². The molecule has 0 unspecified atom stereocenters. The van der Waals surface area contributed by atoms with Crippen LogP contribution in [0.5, 0.6) is 0 Å². The number of aromatic nitrogens is 2. The summed E-state index contributed by atoms with van der Waals surface area (Å²) < 4.78 is 2.05. The van der Waals surface area contributed by atoms with Gasteiger partial charge < -0.3 is 5.73 Å². The van der Waals surface area contributed by atoms with E-state index in [1.807, 2.05) is 11.6 Å². The second-order valence-corrected chi connectivity index (χ2v) is 3.53. The quantitative estimate of drug-likeness (QED) is 0.690. The smallest absolute Gasteiger partial charge is 0.0730 e. The molecule has 2 rings (SSSR count). The number of anilines is 1. The van der Waals surface area contributed by atoms with Gasteiger partial charge in [-0.25, -0.2) is 5.32 Å². The van der Waals surface area contributed by atoms with Gasteiger partial charge in [-0.3, -0.25) is 4.68 Å². The van der Waals surface area contributed by atoms with Crippen molar-refractivity contribution in [3.05, 3.63) is 11.9 Å². The zero-order chi connectivity index (χ0) is 9.26. The van der Waals surface area contributed by atoms with E-state index in [1.165, 1.54) is 0 Å². The molecular formula is C9H15N4. The number of hydrogen-bond donors (Lipinski definition) is 1. The van der Waals surface area contributed by atoms with Gasteiger partial charge in [-0.1, -0.05) is 0 Å². The number of hydrogen-bond acceptors (Lipinski definition) is 2. The van der Waals surface area contributed by atoms with Crippen LogP contribution in [-0.4, -0.2) is 22.9 Å². The molecule has 2 N–H and O–H groups in total. The third kappa shape index (κ3) is 1.54. The number of nitrogens with two attached hydrogens (primary N) is 1. The van der Waals surface area contributed by atoms with Crippen LogP contribution >= 0.6 is 0 Å². The normalized spacial score (nSPS) is 19.2. The van der Waals surface area contributed by atoms with Crippen molar-refractivity contribution < 1.29 is 0 Å². The van der Waals surface area contributed by atoms with Crippen LogP contribution in [0.3, 0.4) is 0 Å². The van der Waals surface area contributed by atoms with Crippen molar-refractivity contribution in [1.29, 1.82) is 0 Å². The fourth-order valence-electron chi connectivity index (χ4n) is 1.79. The molecule has 0 saturated carbocycles. The van der Waals surface area contributed by atoms with E-state index >= 15 is 0 Å². The fraction of sp³-hybridized carbons (Fsp3) is 0.667. The minimum atomic E-state index is 0.509. The van der Waals surface area contributed by atoms with Crippen molar-refractivity contribution in [2.24, 2.45) is 0 Å². The first-order valence-corrected chi connectivity index (χ1v) is 4.72. The summed E-state index contributed by atoms with van der Waals surface area (Å²) in [6.45, 7) is 3.95. The van der Waals surface area contributed by atoms with Gasteiger partial charge in [0.05, 0.1) is 23.6 Å². The Morgan fingerprint density at radius 2 is 2.15 bits per heavy atom. The Kier molecular flexibility index (Phi) is 2.22. The molecule has 0 amide bonds. The molecule has 1 aliphatic heterocycles. The molecule has 0 bridgehead atoms. The largest absolute Gasteiger partial charge is 0.396 e. The lowest BCUT2D eigenvalue weighted by Crippen LogP contribution is -2.26. The van der Waals surface area contributed by atoms with E-state index in [1.54, 1.807) is 6.20 Å². The second-order valence-electron chi connectivity index (χ2n) is 3.53. The average molecular weight is 179 g/mol. The van der Waals surface area contributed by atoms with Crippen molar-refractivity contribution >= 4 is 5.69 Å². The van der Waals surface area contributed by atoms with Crippen molar-refractivity contribution in [2.45, 2.75) is 25.8 Å². The summed E-state index contributed by atoms with van der Waals surface area (Å²) in [4.78, 5) is 0. The van der Waals surface area contributed by atoms with Crippen molar-refractivity contribution in [2.75, 3.05) is 18.8 Å². The number of rotatable bonds is 1. The molecule has 71 valence electrons. The summed E-state index contributed by atoms with van der Waals surface area (Å²) >= 11 is 0. The summed E-state index contributed by atoms with van der Waals surface area (Å²) in [6.07, 6.45) is 3.94. The molecule has 0 aliphatic carbocycles. The maximum atomic E-state index is 5.74. The van der Waals surface area contributed by atoms with Gasteiger partial charge in [0.2, 0.25) is 0 Å². The molecule has 2 heterocycles. The first-order valence-electron chi connectivity index (χ1n) is 4.72. The van der Waals surface area contributed by atoms with Crippen LogP contribution in [0.25, 0.3) is 0 Å². The Balaban J connectivity index is 2.18. The van der Waals surface area contributed by atoms with E-state index < -0.39 is 0 Å². The average Bonchev–Trinajstić information content (AvgIpc) is 2.49. The van der Waals surface area contributed by atoms with Crippen LogP contribution in [0.1, 0.15) is 24.6 Å². The standard InChI is InChI=1S/C9H15N4/c1-7-9(10)6-12-13(7)8-2-4-11-5-3-8/h6,8H,2-5,10H2,1H3. The van der Waals surface area contributed by atoms with Gasteiger partial charge in [0.25, 0.3) is 0 Å². The molecule has 1 aromatic rings. The third-order valence-corrected chi connectivity index (χ3v) is 2.67. The number of nitrogen functional groups attached to an aromatic ring is 1. The summed E-state index contributed by atoms with van der Waals surface area (Å²) in [5.41, 5.74) is 7.62. The first kappa shape index (κ1) is 8.56. The molecule has 4 nitrogen and oxygen atoms in total. The zero-order valence-corrected chi connectivity index (χ0v) is 7.90. The summed E-state index contributed by atoms with van der Waals surface area (Å²) in [6, 6.07) is 0.509. The molecule has 1 saturated heterocycles. The summed E-state index contributed by atoms with van der Waals surface area (Å²) in [7, 11) is 0. The summed E-state index contributed by atoms with van der Waals surface area (Å²) in [5, 5.41) is 8.61. The first-order chi connectivity index (χ1) is 6.29. The Labute approximate surface area is 78.1 Å². The molecule has 0 aromatic carbocycles. The van der Waals surface area contributed by atoms with E-state index in [9.17, 15) is 0 Å². The minimum Gasteiger partial charge on any atom is -0.396 e. The van der Waals surface area contributed by atoms with Gasteiger partial charge in [-0.05, 0) is 19.8 Å². The molecule has 1 aromatic heterocycles. The van der Waals surface area contributed by atoms with Gasteiger partial charge >= 0.3 is 0 Å². The van der Waals surface area contributed by atoms with E-state index in [0.29, 0.717) is 6.04 Å². The highest BCUT2D eigenvalue weighted by atomic mass is 15.3. The highest BCUT2D eigenvalue weighted by molar-refractivity contribution is 5.39. The second kappa shape index (κ2) is 3.38. The third-order valence-electron chi connectivity index (χ3n) is 2.67. The van der Waals surface area contributed by atoms with Gasteiger partial charge in [-0.15, -0.1) is 0 Å². The van der Waals surface area contributed by atoms with Crippen LogP contribution in [0.15, 0.2) is 6.20 Å². The van der Waals surface area contributed by atoms with Crippen molar-refractivity contribution in [1.82, 2.24) is 15.1 Å². The predicted molar refractivity (Wildman–Crippen MR) is 51.5 cm³/mol. The Hall–Kier alpha value is -1.03. The van der Waals surface area contributed by atoms with E-state index in [0.717, 1.165) is 37.3 Å². The van der Waals surface area contributed by atoms with Gasteiger partial charge in [0.15, 0.2) is 0 Å². The van der Waals surface area contributed by atoms with Crippen molar-refractivity contribution in [3.8, 4) is 0 Å². The Morgan fingerprint density at radius 1 is 1.46 bits per heavy atom. The van der Waals surface area contributed by atoms with Crippen LogP contribution in [0.2, 0.25) is 0 Å². The lowest BCUT2D eigenvalue weighted by molar-refractivity contribution is 0.335. The van der Waals surface area contributed by atoms with E-state index in [-0.39, 0.29) is 0 Å². The maximum absolute atomic E-state index is 5.74. The lowest BCUT2D eigenvalue weighted by atomic mass is 10.1. The number of piperidine rings is 1. The van der Waals surface area contributed by atoms with Crippen molar-refractivity contribution in [3.63, 3.8) is 0 Å². The molecule has 1 radical (unpaired) electrons. The van der Waals surface area contributed by atoms with Crippen LogP contribution in [0, 0.1) is 6.92 Å². The Morgan fingerprint density at radius 3 is 2.69 bits per heavy atom. The van der Waals surface area contributed by atoms with Crippen LogP contribution < -0.4 is 11.1 Å². The van der Waals surface area contributed by atoms with Gasteiger partial charge in [-0.2, -0.15) is 5.10 Å². The monoisotopic (exact) mass is 179 g/mol. The minimum absolute atomic E-state index is 0.509. The fourth-order valence-corrected chi connectivity index (χ4v) is 1.79. The van der Waals surface area contributed by atoms with Crippen LogP contribution in [0.4, 0.5) is 5.69 Å². The molecule has 13 heavy (non-hydrogen) atoms. The van der Waals surface area contributed by atoms with E-state index in [4.69, 9.17) is 5.73 Å². The highest BCUT2D eigenvalue weighted by Gasteiger charge is 2.18.